The van der Waals surface area contributed by atoms with Crippen molar-refractivity contribution in [2.24, 2.45) is 5.73 Å². The Balaban J connectivity index is 2.10. The molecule has 0 radical (unpaired) electrons. The normalized spacial score (nSPS) is 18.4. The number of phenolic OH excluding ortho intramolecular Hbond substituents is 1. The molecular formula is C18H17Cl2FN3O4S-. The lowest BCUT2D eigenvalue weighted by atomic mass is 9.90. The van der Waals surface area contributed by atoms with Crippen molar-refractivity contribution < 1.29 is 23.1 Å². The van der Waals surface area contributed by atoms with E-state index in [9.17, 15) is 23.1 Å². The second-order valence-corrected chi connectivity index (χ2v) is 8.26. The molecule has 156 valence electrons. The molecule has 0 aromatic heterocycles. The summed E-state index contributed by atoms with van der Waals surface area (Å²) >= 11 is 9.89. The van der Waals surface area contributed by atoms with Crippen LogP contribution in [0.15, 0.2) is 30.3 Å². The van der Waals surface area contributed by atoms with Gasteiger partial charge in [0.05, 0.1) is 11.4 Å². The van der Waals surface area contributed by atoms with Crippen molar-refractivity contribution in [2.75, 3.05) is 18.0 Å². The van der Waals surface area contributed by atoms with Crippen LogP contribution in [0.5, 0.6) is 5.75 Å². The minimum absolute atomic E-state index is 0.0373. The minimum atomic E-state index is -2.40. The Morgan fingerprint density at radius 1 is 1.31 bits per heavy atom. The van der Waals surface area contributed by atoms with Crippen molar-refractivity contribution in [2.45, 2.75) is 18.8 Å². The molecular weight excluding hydrogens is 444 g/mol. The van der Waals surface area contributed by atoms with Crippen LogP contribution in [0.25, 0.3) is 0 Å². The van der Waals surface area contributed by atoms with Gasteiger partial charge in [0.1, 0.15) is 16.6 Å². The van der Waals surface area contributed by atoms with E-state index in [1.807, 2.05) is 0 Å². The molecule has 2 atom stereocenters. The summed E-state index contributed by atoms with van der Waals surface area (Å²) < 4.78 is 37.8. The molecule has 29 heavy (non-hydrogen) atoms. The molecule has 1 aliphatic heterocycles. The van der Waals surface area contributed by atoms with Crippen LogP contribution in [0.1, 0.15) is 24.3 Å². The predicted octanol–water partition coefficient (Wildman–Crippen LogP) is 4.03. The molecule has 1 aliphatic rings. The van der Waals surface area contributed by atoms with E-state index in [2.05, 4.69) is 0 Å². The molecule has 2 aromatic carbocycles. The molecule has 0 aliphatic carbocycles. The van der Waals surface area contributed by atoms with Crippen molar-refractivity contribution in [3.05, 3.63) is 51.8 Å². The van der Waals surface area contributed by atoms with Gasteiger partial charge in [0.2, 0.25) is 0 Å². The summed E-state index contributed by atoms with van der Waals surface area (Å²) in [6.07, 6.45) is 1.16. The second kappa shape index (κ2) is 8.85. The average Bonchev–Trinajstić information content (AvgIpc) is 2.67. The Kier molecular flexibility index (Phi) is 6.65. The number of benzene rings is 2. The number of carbonyl (C=O) groups is 1. The van der Waals surface area contributed by atoms with Crippen LogP contribution in [-0.4, -0.2) is 37.3 Å². The highest BCUT2D eigenvalue weighted by Gasteiger charge is 2.30. The first kappa shape index (κ1) is 21.8. The van der Waals surface area contributed by atoms with E-state index in [1.54, 1.807) is 0 Å². The maximum Gasteiger partial charge on any atom is 0.324 e. The average molecular weight is 461 g/mol. The lowest BCUT2D eigenvalue weighted by Crippen LogP contribution is -2.36. The summed E-state index contributed by atoms with van der Waals surface area (Å²) in [6.45, 7) is 0.501. The topological polar surface area (TPSA) is 110 Å². The maximum absolute atomic E-state index is 13.9. The van der Waals surface area contributed by atoms with E-state index in [1.165, 1.54) is 28.6 Å². The third kappa shape index (κ3) is 4.34. The summed E-state index contributed by atoms with van der Waals surface area (Å²) in [6, 6.07) is 5.68. The Morgan fingerprint density at radius 2 is 2.03 bits per heavy atom. The van der Waals surface area contributed by atoms with Crippen LogP contribution >= 0.6 is 23.2 Å². The quantitative estimate of drug-likeness (QED) is 0.670. The molecule has 0 bridgehead atoms. The number of rotatable bonds is 4. The highest BCUT2D eigenvalue weighted by atomic mass is 35.5. The van der Waals surface area contributed by atoms with Gasteiger partial charge in [-0.05, 0) is 37.1 Å². The molecule has 0 saturated carbocycles. The number of amides is 2. The molecule has 3 rings (SSSR count). The Morgan fingerprint density at radius 3 is 2.69 bits per heavy atom. The van der Waals surface area contributed by atoms with E-state index in [-0.39, 0.29) is 39.3 Å². The molecule has 1 saturated heterocycles. The summed E-state index contributed by atoms with van der Waals surface area (Å²) in [4.78, 5) is 13.0. The standard InChI is InChI=1S/C18H18Cl2FN3O4S/c19-11-6-7-14(24(18(22)26)13-5-1-4-12(21)16(13)20)17(25)15(11)10-3-2-8-23(9-10)29(27)28/h1,4-7,10,25H,2-3,8-9H2,(H2,22,26)(H,27,28)/p-1. The number of anilines is 2. The highest BCUT2D eigenvalue weighted by Crippen LogP contribution is 2.45. The number of piperidine rings is 1. The molecule has 11 heteroatoms. The number of halogens is 3. The van der Waals surface area contributed by atoms with Gasteiger partial charge in [0.15, 0.2) is 0 Å². The molecule has 2 aromatic rings. The number of aromatic hydroxyl groups is 1. The zero-order chi connectivity index (χ0) is 21.3. The smallest absolute Gasteiger partial charge is 0.324 e. The van der Waals surface area contributed by atoms with E-state index in [4.69, 9.17) is 28.9 Å². The van der Waals surface area contributed by atoms with Crippen LogP contribution in [0.4, 0.5) is 20.6 Å². The lowest BCUT2D eigenvalue weighted by Gasteiger charge is -2.35. The number of primary amides is 1. The molecule has 1 heterocycles. The summed E-state index contributed by atoms with van der Waals surface area (Å²) in [5, 5.41) is 10.8. The summed E-state index contributed by atoms with van der Waals surface area (Å²) in [5.74, 6) is -1.50. The fourth-order valence-corrected chi connectivity index (χ4v) is 4.58. The monoisotopic (exact) mass is 460 g/mol. The lowest BCUT2D eigenvalue weighted by molar-refractivity contribution is 0.256. The molecule has 2 amide bonds. The third-order valence-corrected chi connectivity index (χ3v) is 6.24. The molecule has 0 spiro atoms. The summed E-state index contributed by atoms with van der Waals surface area (Å²) in [5.41, 5.74) is 5.69. The molecule has 2 unspecified atom stereocenters. The minimum Gasteiger partial charge on any atom is -0.760 e. The van der Waals surface area contributed by atoms with Gasteiger partial charge in [0, 0.05) is 40.9 Å². The number of hydrogen-bond donors (Lipinski definition) is 2. The van der Waals surface area contributed by atoms with Gasteiger partial charge in [0.25, 0.3) is 0 Å². The number of nitrogens with two attached hydrogens (primary N) is 1. The number of carbonyl (C=O) groups excluding carboxylic acids is 1. The zero-order valence-corrected chi connectivity index (χ0v) is 17.3. The van der Waals surface area contributed by atoms with Crippen LogP contribution in [0, 0.1) is 5.82 Å². The number of hydrogen-bond acceptors (Lipinski definition) is 4. The Hall–Kier alpha value is -1.91. The van der Waals surface area contributed by atoms with Crippen LogP contribution < -0.4 is 10.6 Å². The first-order chi connectivity index (χ1) is 13.7. The maximum atomic E-state index is 13.9. The van der Waals surface area contributed by atoms with E-state index >= 15 is 0 Å². The largest absolute Gasteiger partial charge is 0.760 e. The van der Waals surface area contributed by atoms with Gasteiger partial charge < -0.3 is 15.4 Å². The number of nitrogens with zero attached hydrogens (tertiary/aromatic N) is 2. The van der Waals surface area contributed by atoms with Gasteiger partial charge in [-0.3, -0.25) is 9.11 Å². The first-order valence-corrected chi connectivity index (χ1v) is 10.4. The van der Waals surface area contributed by atoms with Crippen LogP contribution in [0.2, 0.25) is 10.0 Å². The van der Waals surface area contributed by atoms with Crippen molar-refractivity contribution in [3.8, 4) is 5.75 Å². The fraction of sp³-hybridized carbons (Fsp3) is 0.278. The Bertz CT molecular complexity index is 978. The van der Waals surface area contributed by atoms with Gasteiger partial charge in [-0.25, -0.2) is 13.5 Å². The third-order valence-electron chi connectivity index (χ3n) is 4.78. The molecule has 1 fully saturated rings. The van der Waals surface area contributed by atoms with Crippen molar-refractivity contribution in [1.29, 1.82) is 0 Å². The second-order valence-electron chi connectivity index (χ2n) is 6.52. The molecule has 7 nitrogen and oxygen atoms in total. The van der Waals surface area contributed by atoms with E-state index in [0.29, 0.717) is 19.4 Å². The number of phenols is 1. The highest BCUT2D eigenvalue weighted by molar-refractivity contribution is 7.76. The zero-order valence-electron chi connectivity index (χ0n) is 15.0. The summed E-state index contributed by atoms with van der Waals surface area (Å²) in [7, 11) is 0. The fourth-order valence-electron chi connectivity index (χ4n) is 3.49. The predicted molar refractivity (Wildman–Crippen MR) is 109 cm³/mol. The SMILES string of the molecule is NC(=O)N(c1ccc(Cl)c(C2CCCN(S(=O)[O-])C2)c1O)c1cccc(F)c1Cl. The van der Waals surface area contributed by atoms with Gasteiger partial charge in [-0.15, -0.1) is 0 Å². The van der Waals surface area contributed by atoms with Gasteiger partial charge >= 0.3 is 6.03 Å². The molecule has 3 N–H and O–H groups in total. The van der Waals surface area contributed by atoms with Crippen molar-refractivity contribution in [3.63, 3.8) is 0 Å². The van der Waals surface area contributed by atoms with Crippen molar-refractivity contribution in [1.82, 2.24) is 4.31 Å². The first-order valence-electron chi connectivity index (χ1n) is 8.61. The Labute approximate surface area is 179 Å². The van der Waals surface area contributed by atoms with Crippen LogP contribution in [-0.2, 0) is 11.3 Å². The number of urea groups is 1. The van der Waals surface area contributed by atoms with Crippen molar-refractivity contribution >= 4 is 51.9 Å². The van der Waals surface area contributed by atoms with Gasteiger partial charge in [-0.2, -0.15) is 0 Å². The van der Waals surface area contributed by atoms with E-state index < -0.39 is 29.0 Å². The van der Waals surface area contributed by atoms with Crippen LogP contribution in [0.3, 0.4) is 0 Å². The van der Waals surface area contributed by atoms with Gasteiger partial charge in [-0.1, -0.05) is 29.3 Å². The van der Waals surface area contributed by atoms with E-state index in [0.717, 1.165) is 11.0 Å².